The third-order valence-electron chi connectivity index (χ3n) is 5.03. The number of benzene rings is 1. The molecule has 2 heterocycles. The lowest BCUT2D eigenvalue weighted by molar-refractivity contribution is 0.245. The molecule has 0 aliphatic carbocycles. The highest BCUT2D eigenvalue weighted by molar-refractivity contribution is 7.11. The molecular formula is C21H31N5S. The molecule has 1 aliphatic rings. The Morgan fingerprint density at radius 3 is 2.67 bits per heavy atom. The van der Waals surface area contributed by atoms with Crippen LogP contribution in [0.25, 0.3) is 0 Å². The van der Waals surface area contributed by atoms with E-state index in [1.807, 2.05) is 13.2 Å². The van der Waals surface area contributed by atoms with Crippen molar-refractivity contribution in [3.05, 3.63) is 52.0 Å². The molecular weight excluding hydrogens is 354 g/mol. The molecule has 2 aromatic rings. The Bertz CT molecular complexity index is 706. The van der Waals surface area contributed by atoms with E-state index in [0.717, 1.165) is 31.9 Å². The molecule has 1 saturated heterocycles. The van der Waals surface area contributed by atoms with Gasteiger partial charge >= 0.3 is 0 Å². The van der Waals surface area contributed by atoms with Crippen molar-refractivity contribution >= 4 is 17.3 Å². The number of nitrogens with zero attached hydrogens (tertiary/aromatic N) is 3. The summed E-state index contributed by atoms with van der Waals surface area (Å²) in [4.78, 5) is 12.8. The van der Waals surface area contributed by atoms with Gasteiger partial charge in [-0.15, -0.1) is 11.3 Å². The lowest BCUT2D eigenvalue weighted by atomic mass is 10.1. The smallest absolute Gasteiger partial charge is 0.191 e. The van der Waals surface area contributed by atoms with Crippen LogP contribution < -0.4 is 10.6 Å². The first-order valence-electron chi connectivity index (χ1n) is 9.97. The van der Waals surface area contributed by atoms with E-state index in [-0.39, 0.29) is 0 Å². The van der Waals surface area contributed by atoms with Crippen LogP contribution in [0.3, 0.4) is 0 Å². The number of hydrogen-bond donors (Lipinski definition) is 2. The zero-order valence-electron chi connectivity index (χ0n) is 16.4. The van der Waals surface area contributed by atoms with Gasteiger partial charge in [-0.05, 0) is 37.9 Å². The van der Waals surface area contributed by atoms with Gasteiger partial charge in [0, 0.05) is 37.6 Å². The predicted octanol–water partition coefficient (Wildman–Crippen LogP) is 3.25. The van der Waals surface area contributed by atoms with Gasteiger partial charge in [-0.3, -0.25) is 9.89 Å². The maximum atomic E-state index is 4.49. The van der Waals surface area contributed by atoms with Gasteiger partial charge in [-0.25, -0.2) is 4.98 Å². The average Bonchev–Trinajstić information content (AvgIpc) is 3.40. The van der Waals surface area contributed by atoms with Crippen molar-refractivity contribution in [2.75, 3.05) is 33.2 Å². The molecule has 0 amide bonds. The molecule has 1 atom stereocenters. The summed E-state index contributed by atoms with van der Waals surface area (Å²) in [6.07, 6.45) is 6.58. The Kier molecular flexibility index (Phi) is 7.66. The number of aryl methyl sites for hydroxylation is 1. The second-order valence-corrected chi connectivity index (χ2v) is 8.07. The number of aromatic nitrogens is 1. The van der Waals surface area contributed by atoms with Crippen LogP contribution in [0.4, 0.5) is 0 Å². The summed E-state index contributed by atoms with van der Waals surface area (Å²) in [5.41, 5.74) is 1.37. The number of guanidine groups is 1. The third kappa shape index (κ3) is 5.78. The Hall–Kier alpha value is -1.92. The van der Waals surface area contributed by atoms with Crippen molar-refractivity contribution in [3.63, 3.8) is 0 Å². The highest BCUT2D eigenvalue weighted by Crippen LogP contribution is 2.24. The number of likely N-dealkylation sites (tertiary alicyclic amines) is 1. The molecule has 1 aromatic heterocycles. The molecule has 2 N–H and O–H groups in total. The van der Waals surface area contributed by atoms with Gasteiger partial charge in [0.05, 0.1) is 11.0 Å². The molecule has 3 rings (SSSR count). The molecule has 0 saturated carbocycles. The molecule has 5 nitrogen and oxygen atoms in total. The predicted molar refractivity (Wildman–Crippen MR) is 115 cm³/mol. The second kappa shape index (κ2) is 10.4. The minimum atomic E-state index is 0.387. The molecule has 6 heteroatoms. The Morgan fingerprint density at radius 1 is 1.22 bits per heavy atom. The number of aliphatic imine (C=N–C) groups is 1. The fourth-order valence-corrected chi connectivity index (χ4v) is 4.38. The van der Waals surface area contributed by atoms with Crippen LogP contribution in [-0.2, 0) is 12.8 Å². The summed E-state index contributed by atoms with van der Waals surface area (Å²) in [6, 6.07) is 11.2. The number of rotatable bonds is 8. The SMILES string of the molecule is CCc1cnc(CCNC(=NC)NCC(c2ccccc2)N2CCCC2)s1. The van der Waals surface area contributed by atoms with Gasteiger partial charge in [0.2, 0.25) is 0 Å². The Morgan fingerprint density at radius 2 is 2.00 bits per heavy atom. The van der Waals surface area contributed by atoms with Crippen LogP contribution in [-0.4, -0.2) is 49.1 Å². The van der Waals surface area contributed by atoms with E-state index in [4.69, 9.17) is 0 Å². The monoisotopic (exact) mass is 385 g/mol. The summed E-state index contributed by atoms with van der Waals surface area (Å²) in [6.45, 7) is 6.23. The Labute approximate surface area is 166 Å². The summed E-state index contributed by atoms with van der Waals surface area (Å²) >= 11 is 1.81. The number of hydrogen-bond acceptors (Lipinski definition) is 4. The summed E-state index contributed by atoms with van der Waals surface area (Å²) in [5, 5.41) is 8.15. The molecule has 1 unspecified atom stereocenters. The zero-order chi connectivity index (χ0) is 18.9. The zero-order valence-corrected chi connectivity index (χ0v) is 17.3. The molecule has 0 radical (unpaired) electrons. The molecule has 1 aliphatic heterocycles. The van der Waals surface area contributed by atoms with Gasteiger partial charge in [0.1, 0.15) is 0 Å². The molecule has 0 spiro atoms. The molecule has 0 bridgehead atoms. The van der Waals surface area contributed by atoms with E-state index in [1.165, 1.54) is 41.4 Å². The van der Waals surface area contributed by atoms with Crippen LogP contribution >= 0.6 is 11.3 Å². The van der Waals surface area contributed by atoms with Crippen LogP contribution in [0.15, 0.2) is 41.5 Å². The van der Waals surface area contributed by atoms with Crippen LogP contribution in [0.5, 0.6) is 0 Å². The number of nitrogens with one attached hydrogen (secondary N) is 2. The van der Waals surface area contributed by atoms with Crippen molar-refractivity contribution in [1.29, 1.82) is 0 Å². The van der Waals surface area contributed by atoms with E-state index >= 15 is 0 Å². The van der Waals surface area contributed by atoms with Crippen molar-refractivity contribution in [2.24, 2.45) is 4.99 Å². The van der Waals surface area contributed by atoms with Gasteiger partial charge in [0.15, 0.2) is 5.96 Å². The largest absolute Gasteiger partial charge is 0.356 e. The Balaban J connectivity index is 1.51. The van der Waals surface area contributed by atoms with Gasteiger partial charge in [-0.2, -0.15) is 0 Å². The minimum absolute atomic E-state index is 0.387. The average molecular weight is 386 g/mol. The van der Waals surface area contributed by atoms with Crippen LogP contribution in [0, 0.1) is 0 Å². The highest BCUT2D eigenvalue weighted by Gasteiger charge is 2.23. The van der Waals surface area contributed by atoms with Gasteiger partial charge in [-0.1, -0.05) is 37.3 Å². The van der Waals surface area contributed by atoms with Crippen molar-refractivity contribution < 1.29 is 0 Å². The van der Waals surface area contributed by atoms with E-state index in [1.54, 1.807) is 11.3 Å². The van der Waals surface area contributed by atoms with E-state index in [9.17, 15) is 0 Å². The summed E-state index contributed by atoms with van der Waals surface area (Å²) in [7, 11) is 1.83. The quantitative estimate of drug-likeness (QED) is 0.541. The lowest BCUT2D eigenvalue weighted by Gasteiger charge is -2.29. The standard InChI is InChI=1S/C21H31N5S/c1-3-18-15-24-20(27-18)11-12-23-21(22-2)25-16-19(26-13-7-8-14-26)17-9-5-4-6-10-17/h4-6,9-10,15,19H,3,7-8,11-14,16H2,1-2H3,(H2,22,23,25). The highest BCUT2D eigenvalue weighted by atomic mass is 32.1. The first kappa shape index (κ1) is 19.8. The van der Waals surface area contributed by atoms with Crippen molar-refractivity contribution in [2.45, 2.75) is 38.6 Å². The van der Waals surface area contributed by atoms with E-state index < -0.39 is 0 Å². The maximum absolute atomic E-state index is 4.49. The molecule has 1 aromatic carbocycles. The third-order valence-corrected chi connectivity index (χ3v) is 6.23. The topological polar surface area (TPSA) is 52.6 Å². The maximum Gasteiger partial charge on any atom is 0.191 e. The van der Waals surface area contributed by atoms with Gasteiger partial charge < -0.3 is 10.6 Å². The van der Waals surface area contributed by atoms with Crippen molar-refractivity contribution in [1.82, 2.24) is 20.5 Å². The minimum Gasteiger partial charge on any atom is -0.356 e. The van der Waals surface area contributed by atoms with Crippen molar-refractivity contribution in [3.8, 4) is 0 Å². The van der Waals surface area contributed by atoms with E-state index in [0.29, 0.717) is 6.04 Å². The molecule has 27 heavy (non-hydrogen) atoms. The van der Waals surface area contributed by atoms with Crippen LogP contribution in [0.2, 0.25) is 0 Å². The number of thiazole rings is 1. The van der Waals surface area contributed by atoms with E-state index in [2.05, 4.69) is 62.8 Å². The fourth-order valence-electron chi connectivity index (χ4n) is 3.52. The summed E-state index contributed by atoms with van der Waals surface area (Å²) < 4.78 is 0. The molecule has 1 fully saturated rings. The fraction of sp³-hybridized carbons (Fsp3) is 0.524. The summed E-state index contributed by atoms with van der Waals surface area (Å²) in [5.74, 6) is 0.863. The first-order chi connectivity index (χ1) is 13.3. The van der Waals surface area contributed by atoms with Gasteiger partial charge in [0.25, 0.3) is 0 Å². The second-order valence-electron chi connectivity index (χ2n) is 6.87. The molecule has 146 valence electrons. The van der Waals surface area contributed by atoms with Crippen LogP contribution in [0.1, 0.15) is 41.3 Å². The first-order valence-corrected chi connectivity index (χ1v) is 10.8. The normalized spacial score (nSPS) is 16.4. The lowest BCUT2D eigenvalue weighted by Crippen LogP contribution is -2.43.